The lowest BCUT2D eigenvalue weighted by Gasteiger charge is -2.48. The van der Waals surface area contributed by atoms with Crippen LogP contribution in [0.1, 0.15) is 22.3 Å². The highest BCUT2D eigenvalue weighted by atomic mass is 35.5. The predicted molar refractivity (Wildman–Crippen MR) is 140 cm³/mol. The van der Waals surface area contributed by atoms with E-state index in [1.54, 1.807) is 30.6 Å². The minimum Gasteiger partial charge on any atom is -0.348 e. The van der Waals surface area contributed by atoms with Crippen molar-refractivity contribution >= 4 is 34.2 Å². The van der Waals surface area contributed by atoms with Crippen LogP contribution in [-0.2, 0) is 6.54 Å². The van der Waals surface area contributed by atoms with Gasteiger partial charge >= 0.3 is 0 Å². The first-order valence-corrected chi connectivity index (χ1v) is 12.6. The summed E-state index contributed by atoms with van der Waals surface area (Å²) in [5.41, 5.74) is 2.72. The fourth-order valence-corrected chi connectivity index (χ4v) is 6.17. The average molecular weight is 498 g/mol. The highest BCUT2D eigenvalue weighted by molar-refractivity contribution is 6.31. The van der Waals surface area contributed by atoms with E-state index in [1.807, 2.05) is 47.0 Å². The number of rotatable bonds is 5. The Labute approximate surface area is 212 Å². The molecule has 3 atom stereocenters. The monoisotopic (exact) mass is 497 g/mol. The third-order valence-electron chi connectivity index (χ3n) is 8.00. The molecule has 0 bridgehead atoms. The maximum Gasteiger partial charge on any atom is 0.253 e. The van der Waals surface area contributed by atoms with Crippen molar-refractivity contribution in [2.45, 2.75) is 24.5 Å². The van der Waals surface area contributed by atoms with E-state index in [2.05, 4.69) is 20.5 Å². The Balaban J connectivity index is 1.13. The lowest BCUT2D eigenvalue weighted by Crippen LogP contribution is -2.66. The van der Waals surface area contributed by atoms with Gasteiger partial charge in [0.25, 0.3) is 5.91 Å². The smallest absolute Gasteiger partial charge is 0.253 e. The van der Waals surface area contributed by atoms with Crippen molar-refractivity contribution < 1.29 is 4.79 Å². The number of halogens is 1. The molecule has 2 saturated heterocycles. The number of anilines is 1. The van der Waals surface area contributed by atoms with Crippen LogP contribution in [0.3, 0.4) is 0 Å². The molecular formula is C28H24ClN5O2. The summed E-state index contributed by atoms with van der Waals surface area (Å²) < 4.78 is 1.93. The zero-order valence-corrected chi connectivity index (χ0v) is 20.2. The van der Waals surface area contributed by atoms with Crippen molar-refractivity contribution in [3.05, 3.63) is 99.4 Å². The molecule has 1 spiro atoms. The summed E-state index contributed by atoms with van der Waals surface area (Å²) in [4.78, 5) is 33.1. The molecule has 36 heavy (non-hydrogen) atoms. The van der Waals surface area contributed by atoms with Gasteiger partial charge in [0.2, 0.25) is 0 Å². The molecule has 2 aliphatic heterocycles. The number of benzene rings is 2. The number of nitrogens with zero attached hydrogens (tertiary/aromatic N) is 3. The molecule has 1 aliphatic carbocycles. The molecule has 2 aromatic heterocycles. The molecule has 7 rings (SSSR count). The third-order valence-corrected chi connectivity index (χ3v) is 8.24. The number of piperidine rings is 1. The van der Waals surface area contributed by atoms with E-state index < -0.39 is 0 Å². The Morgan fingerprint density at radius 2 is 2.03 bits per heavy atom. The third kappa shape index (κ3) is 3.20. The molecular weight excluding hydrogens is 474 g/mol. The number of para-hydroxylation sites is 1. The average Bonchev–Trinajstić information content (AvgIpc) is 3.60. The second-order valence-electron chi connectivity index (χ2n) is 9.90. The zero-order valence-electron chi connectivity index (χ0n) is 19.4. The van der Waals surface area contributed by atoms with Gasteiger partial charge in [-0.05, 0) is 54.8 Å². The van der Waals surface area contributed by atoms with Gasteiger partial charge in [-0.15, -0.1) is 0 Å². The van der Waals surface area contributed by atoms with Crippen LogP contribution in [0.5, 0.6) is 0 Å². The lowest BCUT2D eigenvalue weighted by atomic mass is 9.94. The number of fused-ring (bicyclic) bond motifs is 1. The van der Waals surface area contributed by atoms with Gasteiger partial charge in [-0.1, -0.05) is 29.8 Å². The van der Waals surface area contributed by atoms with Crippen LogP contribution in [0.15, 0.2) is 77.9 Å². The van der Waals surface area contributed by atoms with Crippen molar-refractivity contribution in [2.24, 2.45) is 5.92 Å². The first-order valence-electron chi connectivity index (χ1n) is 12.2. The topological polar surface area (TPSA) is 79.3 Å². The first kappa shape index (κ1) is 21.6. The van der Waals surface area contributed by atoms with Crippen LogP contribution in [0.4, 0.5) is 5.82 Å². The highest BCUT2D eigenvalue weighted by Gasteiger charge is 2.72. The van der Waals surface area contributed by atoms with Crippen molar-refractivity contribution in [2.75, 3.05) is 18.0 Å². The Morgan fingerprint density at radius 1 is 1.17 bits per heavy atom. The van der Waals surface area contributed by atoms with Crippen molar-refractivity contribution in [3.8, 4) is 5.69 Å². The second-order valence-corrected chi connectivity index (χ2v) is 10.3. The number of pyridine rings is 2. The molecule has 3 unspecified atom stereocenters. The number of carbonyl (C=O) groups is 1. The Morgan fingerprint density at radius 3 is 2.78 bits per heavy atom. The summed E-state index contributed by atoms with van der Waals surface area (Å²) in [7, 11) is 0. The summed E-state index contributed by atoms with van der Waals surface area (Å²) in [6.45, 7) is 2.17. The molecule has 180 valence electrons. The van der Waals surface area contributed by atoms with Gasteiger partial charge in [-0.3, -0.25) is 9.59 Å². The standard InChI is InChI=1S/C28H24ClN5O2/c29-20-7-8-22-23(10-20)33(21-4-2-1-3-5-21)15-18(26(22)35)13-32-27(36)17-6-9-25(31-12-17)34-16-24-28(34)11-19(28)14-30-24/h1-10,12,15,19,24,30H,11,13-14,16H2,(H,32,36). The fourth-order valence-electron chi connectivity index (χ4n) is 6.00. The van der Waals surface area contributed by atoms with E-state index in [9.17, 15) is 9.59 Å². The molecule has 4 aromatic rings. The quantitative estimate of drug-likeness (QED) is 0.441. The van der Waals surface area contributed by atoms with E-state index in [4.69, 9.17) is 11.6 Å². The number of amides is 1. The minimum absolute atomic E-state index is 0.106. The molecule has 1 saturated carbocycles. The largest absolute Gasteiger partial charge is 0.348 e. The van der Waals surface area contributed by atoms with E-state index >= 15 is 0 Å². The number of hydrogen-bond acceptors (Lipinski definition) is 5. The lowest BCUT2D eigenvalue weighted by molar-refractivity contribution is 0.0950. The first-order chi connectivity index (χ1) is 17.5. The molecule has 7 nitrogen and oxygen atoms in total. The number of carbonyl (C=O) groups excluding carboxylic acids is 1. The van der Waals surface area contributed by atoms with E-state index in [-0.39, 0.29) is 23.4 Å². The van der Waals surface area contributed by atoms with Gasteiger partial charge in [0, 0.05) is 59.7 Å². The Hall–Kier alpha value is -3.68. The molecule has 0 radical (unpaired) electrons. The minimum atomic E-state index is -0.262. The van der Waals surface area contributed by atoms with Crippen molar-refractivity contribution in [1.29, 1.82) is 0 Å². The molecule has 3 aliphatic rings. The highest BCUT2D eigenvalue weighted by Crippen LogP contribution is 2.60. The van der Waals surface area contributed by atoms with Crippen molar-refractivity contribution in [3.63, 3.8) is 0 Å². The van der Waals surface area contributed by atoms with Gasteiger partial charge in [-0.25, -0.2) is 4.98 Å². The fraction of sp³-hybridized carbons (Fsp3) is 0.250. The maximum absolute atomic E-state index is 13.2. The summed E-state index contributed by atoms with van der Waals surface area (Å²) in [6.07, 6.45) is 4.63. The van der Waals surface area contributed by atoms with E-state index in [0.29, 0.717) is 27.6 Å². The van der Waals surface area contributed by atoms with Gasteiger partial charge in [0.1, 0.15) is 5.82 Å². The van der Waals surface area contributed by atoms with Gasteiger partial charge in [0.15, 0.2) is 5.43 Å². The maximum atomic E-state index is 13.2. The predicted octanol–water partition coefficient (Wildman–Crippen LogP) is 3.52. The molecule has 8 heteroatoms. The van der Waals surface area contributed by atoms with E-state index in [1.165, 1.54) is 6.42 Å². The Kier molecular flexibility index (Phi) is 4.75. The summed E-state index contributed by atoms with van der Waals surface area (Å²) in [5.74, 6) is 1.38. The van der Waals surface area contributed by atoms with Crippen LogP contribution in [0, 0.1) is 5.92 Å². The van der Waals surface area contributed by atoms with Crippen LogP contribution in [0.2, 0.25) is 5.02 Å². The summed E-state index contributed by atoms with van der Waals surface area (Å²) >= 11 is 6.24. The van der Waals surface area contributed by atoms with Crippen LogP contribution in [-0.4, -0.2) is 40.1 Å². The zero-order chi connectivity index (χ0) is 24.4. The molecule has 2 N–H and O–H groups in total. The normalized spacial score (nSPS) is 23.6. The van der Waals surface area contributed by atoms with E-state index in [0.717, 1.165) is 36.0 Å². The number of hydrogen-bond donors (Lipinski definition) is 2. The van der Waals surface area contributed by atoms with Crippen molar-refractivity contribution in [1.82, 2.24) is 20.2 Å². The number of aromatic nitrogens is 2. The van der Waals surface area contributed by atoms with Crippen LogP contribution in [0.25, 0.3) is 16.6 Å². The summed E-state index contributed by atoms with van der Waals surface area (Å²) in [6, 6.07) is 19.3. The van der Waals surface area contributed by atoms with Crippen LogP contribution < -0.4 is 21.0 Å². The van der Waals surface area contributed by atoms with Gasteiger partial charge < -0.3 is 20.1 Å². The molecule has 4 heterocycles. The summed E-state index contributed by atoms with van der Waals surface area (Å²) in [5, 5.41) is 7.57. The van der Waals surface area contributed by atoms with Gasteiger partial charge in [0.05, 0.1) is 16.6 Å². The molecule has 2 aromatic carbocycles. The molecule has 3 fully saturated rings. The Bertz CT molecular complexity index is 1570. The second kappa shape index (κ2) is 7.91. The van der Waals surface area contributed by atoms with Crippen LogP contribution >= 0.6 is 11.6 Å². The molecule has 1 amide bonds. The van der Waals surface area contributed by atoms with Gasteiger partial charge in [-0.2, -0.15) is 0 Å². The number of nitrogens with one attached hydrogen (secondary N) is 2. The SMILES string of the molecule is O=C(NCc1cn(-c2ccccc2)c2cc(Cl)ccc2c1=O)c1ccc(N2CC3NCC4CC432)nc1.